The number of likely N-dealkylation sites (N-methyl/N-ethyl adjacent to an activating group) is 1. The van der Waals surface area contributed by atoms with Gasteiger partial charge in [-0.05, 0) is 92.9 Å². The number of nitrogens with one attached hydrogen (secondary N) is 4. The fourth-order valence-electron chi connectivity index (χ4n) is 5.61. The van der Waals surface area contributed by atoms with Gasteiger partial charge in [0.1, 0.15) is 5.82 Å². The van der Waals surface area contributed by atoms with Crippen LogP contribution in [0.4, 0.5) is 15.8 Å². The Labute approximate surface area is 239 Å². The first kappa shape index (κ1) is 28.6. The van der Waals surface area contributed by atoms with Crippen molar-refractivity contribution in [3.05, 3.63) is 76.4 Å². The maximum absolute atomic E-state index is 13.3. The number of benzene rings is 2. The van der Waals surface area contributed by atoms with Gasteiger partial charge >= 0.3 is 0 Å². The summed E-state index contributed by atoms with van der Waals surface area (Å²) in [5.74, 6) is -0.936. The number of halogens is 1. The number of hydrogen-bond acceptors (Lipinski definition) is 5. The summed E-state index contributed by atoms with van der Waals surface area (Å²) in [5, 5.41) is 5.89. The van der Waals surface area contributed by atoms with E-state index in [0.717, 1.165) is 48.6 Å². The highest BCUT2D eigenvalue weighted by Gasteiger charge is 2.34. The zero-order valence-electron chi connectivity index (χ0n) is 23.4. The molecule has 0 bridgehead atoms. The monoisotopic (exact) mass is 579 g/mol. The summed E-state index contributed by atoms with van der Waals surface area (Å²) in [6, 6.07) is 9.49. The molecule has 1 aromatic heterocycles. The van der Waals surface area contributed by atoms with Crippen LogP contribution >= 0.6 is 0 Å². The van der Waals surface area contributed by atoms with E-state index in [9.17, 15) is 22.4 Å². The molecule has 0 unspecified atom stereocenters. The number of aromatic nitrogens is 1. The molecule has 216 valence electrons. The summed E-state index contributed by atoms with van der Waals surface area (Å²) in [4.78, 5) is 32.0. The third-order valence-corrected chi connectivity index (χ3v) is 9.10. The normalized spacial score (nSPS) is 16.4. The van der Waals surface area contributed by atoms with Crippen molar-refractivity contribution in [2.45, 2.75) is 44.9 Å². The predicted molar refractivity (Wildman–Crippen MR) is 158 cm³/mol. The van der Waals surface area contributed by atoms with Gasteiger partial charge in [-0.1, -0.05) is 13.8 Å². The van der Waals surface area contributed by atoms with Crippen LogP contribution in [0.5, 0.6) is 0 Å². The molecule has 5 rings (SSSR count). The van der Waals surface area contributed by atoms with Gasteiger partial charge in [0.25, 0.3) is 21.8 Å². The van der Waals surface area contributed by atoms with Crippen molar-refractivity contribution in [1.29, 1.82) is 0 Å². The van der Waals surface area contributed by atoms with E-state index in [1.807, 2.05) is 6.92 Å². The van der Waals surface area contributed by atoms with Gasteiger partial charge in [0.15, 0.2) is 0 Å². The first-order valence-electron chi connectivity index (χ1n) is 13.8. The molecule has 1 aliphatic heterocycles. The van der Waals surface area contributed by atoms with Crippen LogP contribution in [0.15, 0.2) is 47.4 Å². The second kappa shape index (κ2) is 11.5. The number of nitrogens with zero attached hydrogens (tertiary/aromatic N) is 1. The Morgan fingerprint density at radius 3 is 2.51 bits per heavy atom. The topological polar surface area (TPSA) is 123 Å². The van der Waals surface area contributed by atoms with Crippen molar-refractivity contribution in [3.8, 4) is 0 Å². The largest absolute Gasteiger partial charge is 0.358 e. The lowest BCUT2D eigenvalue weighted by atomic mass is 9.86. The van der Waals surface area contributed by atoms with Crippen LogP contribution in [0.3, 0.4) is 0 Å². The van der Waals surface area contributed by atoms with Crippen LogP contribution in [0.2, 0.25) is 0 Å². The van der Waals surface area contributed by atoms with Crippen molar-refractivity contribution in [2.24, 2.45) is 0 Å². The molecule has 1 aliphatic carbocycles. The molecule has 0 atom stereocenters. The summed E-state index contributed by atoms with van der Waals surface area (Å²) in [7, 11) is -4.01. The minimum Gasteiger partial charge on any atom is -0.358 e. The van der Waals surface area contributed by atoms with Gasteiger partial charge < -0.3 is 20.5 Å². The van der Waals surface area contributed by atoms with Crippen molar-refractivity contribution >= 4 is 44.4 Å². The molecule has 41 heavy (non-hydrogen) atoms. The van der Waals surface area contributed by atoms with E-state index in [0.29, 0.717) is 41.8 Å². The number of sulfonamides is 1. The van der Waals surface area contributed by atoms with E-state index in [1.165, 1.54) is 36.4 Å². The van der Waals surface area contributed by atoms with Gasteiger partial charge in [-0.2, -0.15) is 0 Å². The number of amides is 2. The van der Waals surface area contributed by atoms with Crippen molar-refractivity contribution in [3.63, 3.8) is 0 Å². The van der Waals surface area contributed by atoms with Crippen molar-refractivity contribution < 1.29 is 22.4 Å². The van der Waals surface area contributed by atoms with E-state index >= 15 is 0 Å². The smallest absolute Gasteiger partial charge is 0.261 e. The second-order valence-electron chi connectivity index (χ2n) is 10.2. The van der Waals surface area contributed by atoms with Crippen LogP contribution in [0, 0.1) is 12.7 Å². The Morgan fingerprint density at radius 1 is 1.07 bits per heavy atom. The summed E-state index contributed by atoms with van der Waals surface area (Å²) in [6.07, 6.45) is 2.04. The molecule has 2 aromatic carbocycles. The fourth-order valence-corrected chi connectivity index (χ4v) is 6.69. The minimum absolute atomic E-state index is 0.0258. The molecule has 2 aliphatic rings. The third-order valence-electron chi connectivity index (χ3n) is 7.73. The summed E-state index contributed by atoms with van der Waals surface area (Å²) in [5.41, 5.74) is 5.34. The SMILES string of the molecule is CCN(CC)CCNC(=O)c1c(C)[nH]c2c1CCCC2=C1C(=O)Nc2ccc(S(=O)(=O)Nc3ccc(F)cc3)cc21. The first-order valence-corrected chi connectivity index (χ1v) is 15.3. The van der Waals surface area contributed by atoms with Crippen LogP contribution in [-0.4, -0.2) is 56.3 Å². The highest BCUT2D eigenvalue weighted by atomic mass is 32.2. The Balaban J connectivity index is 1.48. The van der Waals surface area contributed by atoms with Gasteiger partial charge in [0, 0.05) is 41.4 Å². The van der Waals surface area contributed by atoms with Crippen LogP contribution in [0.1, 0.15) is 59.6 Å². The summed E-state index contributed by atoms with van der Waals surface area (Å²) in [6.45, 7) is 9.15. The quantitative estimate of drug-likeness (QED) is 0.277. The van der Waals surface area contributed by atoms with Gasteiger partial charge in [0.2, 0.25) is 0 Å². The molecule has 0 saturated heterocycles. The van der Waals surface area contributed by atoms with Crippen molar-refractivity contribution in [1.82, 2.24) is 15.2 Å². The summed E-state index contributed by atoms with van der Waals surface area (Å²) < 4.78 is 42.1. The number of carbonyl (C=O) groups is 2. The lowest BCUT2D eigenvalue weighted by Gasteiger charge is -2.20. The van der Waals surface area contributed by atoms with Crippen LogP contribution < -0.4 is 15.4 Å². The predicted octanol–water partition coefficient (Wildman–Crippen LogP) is 4.53. The van der Waals surface area contributed by atoms with E-state index in [1.54, 1.807) is 6.07 Å². The molecule has 4 N–H and O–H groups in total. The average Bonchev–Trinajstić information content (AvgIpc) is 3.46. The molecule has 0 fully saturated rings. The van der Waals surface area contributed by atoms with E-state index in [4.69, 9.17) is 0 Å². The number of hydrogen-bond donors (Lipinski definition) is 4. The lowest BCUT2D eigenvalue weighted by Crippen LogP contribution is -2.35. The molecule has 0 saturated carbocycles. The maximum Gasteiger partial charge on any atom is 0.261 e. The zero-order valence-corrected chi connectivity index (χ0v) is 24.2. The highest BCUT2D eigenvalue weighted by Crippen LogP contribution is 2.43. The molecule has 2 amide bonds. The van der Waals surface area contributed by atoms with Gasteiger partial charge in [-0.25, -0.2) is 12.8 Å². The molecule has 11 heteroatoms. The van der Waals surface area contributed by atoms with E-state index in [2.05, 4.69) is 39.1 Å². The van der Waals surface area contributed by atoms with E-state index < -0.39 is 15.8 Å². The van der Waals surface area contributed by atoms with Gasteiger partial charge in [-0.3, -0.25) is 14.3 Å². The Hall–Kier alpha value is -3.96. The van der Waals surface area contributed by atoms with Gasteiger partial charge in [0.05, 0.1) is 16.0 Å². The van der Waals surface area contributed by atoms with Crippen LogP contribution in [-0.2, 0) is 21.2 Å². The Morgan fingerprint density at radius 2 is 1.80 bits per heavy atom. The van der Waals surface area contributed by atoms with Crippen molar-refractivity contribution in [2.75, 3.05) is 36.2 Å². The molecule has 3 aromatic rings. The number of carbonyl (C=O) groups excluding carboxylic acids is 2. The second-order valence-corrected chi connectivity index (χ2v) is 11.9. The number of anilines is 2. The molecule has 2 heterocycles. The number of fused-ring (bicyclic) bond motifs is 2. The minimum atomic E-state index is -4.01. The maximum atomic E-state index is 13.3. The number of rotatable bonds is 9. The molecule has 0 radical (unpaired) electrons. The summed E-state index contributed by atoms with van der Waals surface area (Å²) >= 11 is 0. The average molecular weight is 580 g/mol. The molecule has 0 spiro atoms. The van der Waals surface area contributed by atoms with Gasteiger partial charge in [-0.15, -0.1) is 0 Å². The number of aromatic amines is 1. The fraction of sp³-hybridized carbons (Fsp3) is 0.333. The number of aryl methyl sites for hydroxylation is 1. The Bertz CT molecular complexity index is 1640. The van der Waals surface area contributed by atoms with Crippen LogP contribution in [0.25, 0.3) is 11.1 Å². The molecule has 9 nitrogen and oxygen atoms in total. The highest BCUT2D eigenvalue weighted by molar-refractivity contribution is 7.92. The lowest BCUT2D eigenvalue weighted by molar-refractivity contribution is -0.110. The third kappa shape index (κ3) is 5.64. The number of H-pyrrole nitrogens is 1. The molecular weight excluding hydrogens is 545 g/mol. The molecular formula is C30H34FN5O4S. The van der Waals surface area contributed by atoms with E-state index in [-0.39, 0.29) is 22.4 Å². The standard InChI is InChI=1S/C30H34FN5O4S/c1-4-36(5-2)16-15-32-29(37)26-18(3)33-28-22(26)7-6-8-23(28)27-24-17-21(13-14-25(24)34-30(27)38)41(39,40)35-20-11-9-19(31)10-12-20/h9-14,17,33,35H,4-8,15-16H2,1-3H3,(H,32,37)(H,34,38). The Kier molecular flexibility index (Phi) is 8.01. The number of allylic oxidation sites excluding steroid dienone is 1. The zero-order chi connectivity index (χ0) is 29.3. The first-order chi connectivity index (χ1) is 19.6.